The second-order valence-corrected chi connectivity index (χ2v) is 2.16. The maximum atomic E-state index is 10.3. The number of esters is 1. The van der Waals surface area contributed by atoms with Crippen molar-refractivity contribution in [2.75, 3.05) is 13.7 Å². The quantitative estimate of drug-likeness (QED) is 0.645. The van der Waals surface area contributed by atoms with Crippen molar-refractivity contribution in [2.45, 2.75) is 20.0 Å². The topological polar surface area (TPSA) is 93.1 Å². The van der Waals surface area contributed by atoms with Crippen LogP contribution in [0, 0.1) is 0 Å². The molecule has 0 spiro atoms. The highest BCUT2D eigenvalue weighted by Crippen LogP contribution is 1.90. The fraction of sp³-hybridized carbons (Fsp3) is 0.714. The number of methoxy groups -OCH3 is 1. The van der Waals surface area contributed by atoms with E-state index in [2.05, 4.69) is 0 Å². The number of carbonyl (C=O) groups excluding carboxylic acids is 1. The first-order valence-corrected chi connectivity index (χ1v) is 3.48. The first kappa shape index (κ1) is 14.2. The molecular formula is C7H14O6. The van der Waals surface area contributed by atoms with Gasteiger partial charge < -0.3 is 19.7 Å². The minimum atomic E-state index is -1.83. The normalized spacial score (nSPS) is 10.7. The van der Waals surface area contributed by atoms with Crippen LogP contribution in [0.5, 0.6) is 0 Å². The average Bonchev–Trinajstić information content (AvgIpc) is 1.83. The Hall–Kier alpha value is -1.30. The predicted molar refractivity (Wildman–Crippen MR) is 43.8 cm³/mol. The van der Waals surface area contributed by atoms with E-state index in [0.29, 0.717) is 6.61 Å². The van der Waals surface area contributed by atoms with Gasteiger partial charge in [0.15, 0.2) is 0 Å². The molecule has 0 saturated heterocycles. The molecule has 0 aromatic carbocycles. The van der Waals surface area contributed by atoms with Crippen molar-refractivity contribution in [3.05, 3.63) is 0 Å². The number of carbonyl (C=O) groups is 2. The maximum Gasteiger partial charge on any atom is 0.503 e. The zero-order chi connectivity index (χ0) is 10.9. The van der Waals surface area contributed by atoms with E-state index in [1.807, 2.05) is 0 Å². The molecule has 0 rings (SSSR count). The molecule has 1 atom stereocenters. The van der Waals surface area contributed by atoms with Gasteiger partial charge in [-0.1, -0.05) is 0 Å². The van der Waals surface area contributed by atoms with Gasteiger partial charge in [0, 0.05) is 14.0 Å². The van der Waals surface area contributed by atoms with E-state index in [1.54, 1.807) is 14.0 Å². The zero-order valence-electron chi connectivity index (χ0n) is 7.81. The SMILES string of the molecule is COCC(C)OC(C)=O.O=C(O)O. The molecule has 0 saturated carbocycles. The lowest BCUT2D eigenvalue weighted by molar-refractivity contribution is -0.147. The van der Waals surface area contributed by atoms with E-state index in [9.17, 15) is 4.79 Å². The standard InChI is InChI=1S/C6H12O3.CH2O3/c1-5(4-8-3)9-6(2)7;2-1(3)4/h5H,4H2,1-3H3;(H2,2,3,4). The molecule has 0 radical (unpaired) electrons. The molecule has 0 heterocycles. The molecule has 0 aliphatic heterocycles. The lowest BCUT2D eigenvalue weighted by Gasteiger charge is -2.08. The molecule has 6 nitrogen and oxygen atoms in total. The molecule has 0 bridgehead atoms. The summed E-state index contributed by atoms with van der Waals surface area (Å²) in [5.74, 6) is -0.264. The van der Waals surface area contributed by atoms with Gasteiger partial charge in [-0.05, 0) is 6.92 Å². The number of rotatable bonds is 3. The second-order valence-electron chi connectivity index (χ2n) is 2.16. The summed E-state index contributed by atoms with van der Waals surface area (Å²) in [7, 11) is 1.57. The zero-order valence-corrected chi connectivity index (χ0v) is 7.81. The van der Waals surface area contributed by atoms with Gasteiger partial charge in [-0.25, -0.2) is 4.79 Å². The molecule has 1 unspecified atom stereocenters. The maximum absolute atomic E-state index is 10.3. The molecule has 2 N–H and O–H groups in total. The summed E-state index contributed by atoms with van der Waals surface area (Å²) in [6.07, 6.45) is -1.97. The third kappa shape index (κ3) is 24.9. The molecular weight excluding hydrogens is 180 g/mol. The van der Waals surface area contributed by atoms with E-state index in [1.165, 1.54) is 6.92 Å². The van der Waals surface area contributed by atoms with Gasteiger partial charge in [-0.2, -0.15) is 0 Å². The second kappa shape index (κ2) is 8.79. The smallest absolute Gasteiger partial charge is 0.460 e. The van der Waals surface area contributed by atoms with Gasteiger partial charge in [0.05, 0.1) is 6.61 Å². The lowest BCUT2D eigenvalue weighted by atomic mass is 10.4. The molecule has 0 aromatic rings. The van der Waals surface area contributed by atoms with Crippen molar-refractivity contribution in [1.82, 2.24) is 0 Å². The molecule has 0 aliphatic carbocycles. The fourth-order valence-corrected chi connectivity index (χ4v) is 0.552. The van der Waals surface area contributed by atoms with E-state index >= 15 is 0 Å². The van der Waals surface area contributed by atoms with Crippen LogP contribution in [-0.4, -0.2) is 42.2 Å². The number of hydrogen-bond donors (Lipinski definition) is 2. The van der Waals surface area contributed by atoms with Crippen molar-refractivity contribution in [1.29, 1.82) is 0 Å². The third-order valence-corrected chi connectivity index (χ3v) is 0.769. The highest BCUT2D eigenvalue weighted by Gasteiger charge is 2.02. The van der Waals surface area contributed by atoms with Crippen molar-refractivity contribution in [3.8, 4) is 0 Å². The van der Waals surface area contributed by atoms with Crippen LogP contribution in [0.4, 0.5) is 4.79 Å². The van der Waals surface area contributed by atoms with E-state index < -0.39 is 6.16 Å². The molecule has 0 aromatic heterocycles. The van der Waals surface area contributed by atoms with Gasteiger partial charge in [-0.15, -0.1) is 0 Å². The monoisotopic (exact) mass is 194 g/mol. The summed E-state index contributed by atoms with van der Waals surface area (Å²) in [5.41, 5.74) is 0. The van der Waals surface area contributed by atoms with Gasteiger partial charge in [0.1, 0.15) is 6.10 Å². The number of carboxylic acid groups (broad SMARTS) is 2. The Bertz CT molecular complexity index is 151. The van der Waals surface area contributed by atoms with Crippen LogP contribution in [0.2, 0.25) is 0 Å². The van der Waals surface area contributed by atoms with Crippen LogP contribution in [0.15, 0.2) is 0 Å². The predicted octanol–water partition coefficient (Wildman–Crippen LogP) is 0.807. The van der Waals surface area contributed by atoms with Crippen molar-refractivity contribution in [2.24, 2.45) is 0 Å². The minimum Gasteiger partial charge on any atom is -0.460 e. The van der Waals surface area contributed by atoms with Crippen LogP contribution in [0.3, 0.4) is 0 Å². The van der Waals surface area contributed by atoms with Crippen LogP contribution in [0.25, 0.3) is 0 Å². The van der Waals surface area contributed by atoms with Crippen LogP contribution in [-0.2, 0) is 14.3 Å². The fourth-order valence-electron chi connectivity index (χ4n) is 0.552. The lowest BCUT2D eigenvalue weighted by Crippen LogP contribution is -2.17. The van der Waals surface area contributed by atoms with Crippen molar-refractivity contribution < 1.29 is 29.3 Å². The van der Waals surface area contributed by atoms with Gasteiger partial charge >= 0.3 is 12.1 Å². The summed E-state index contributed by atoms with van der Waals surface area (Å²) >= 11 is 0. The Morgan fingerprint density at radius 2 is 1.77 bits per heavy atom. The molecule has 0 fully saturated rings. The van der Waals surface area contributed by atoms with Crippen molar-refractivity contribution >= 4 is 12.1 Å². The first-order valence-electron chi connectivity index (χ1n) is 3.48. The summed E-state index contributed by atoms with van der Waals surface area (Å²) in [6, 6.07) is 0. The molecule has 6 heteroatoms. The first-order chi connectivity index (χ1) is 5.90. The third-order valence-electron chi connectivity index (χ3n) is 0.769. The Morgan fingerprint density at radius 1 is 1.38 bits per heavy atom. The Labute approximate surface area is 76.1 Å². The summed E-state index contributed by atoms with van der Waals surface area (Å²) in [4.78, 5) is 18.8. The Balaban J connectivity index is 0. The summed E-state index contributed by atoms with van der Waals surface area (Å²) < 4.78 is 9.45. The molecule has 0 aliphatic rings. The highest BCUT2D eigenvalue weighted by atomic mass is 16.6. The van der Waals surface area contributed by atoms with Gasteiger partial charge in [-0.3, -0.25) is 4.79 Å². The molecule has 78 valence electrons. The van der Waals surface area contributed by atoms with E-state index in [0.717, 1.165) is 0 Å². The molecule has 13 heavy (non-hydrogen) atoms. The van der Waals surface area contributed by atoms with Gasteiger partial charge in [0.25, 0.3) is 0 Å². The van der Waals surface area contributed by atoms with E-state index in [-0.39, 0.29) is 12.1 Å². The average molecular weight is 194 g/mol. The van der Waals surface area contributed by atoms with Crippen LogP contribution in [0.1, 0.15) is 13.8 Å². The van der Waals surface area contributed by atoms with Crippen molar-refractivity contribution in [3.63, 3.8) is 0 Å². The van der Waals surface area contributed by atoms with Crippen LogP contribution >= 0.6 is 0 Å². The Morgan fingerprint density at radius 3 is 2.00 bits per heavy atom. The molecule has 0 amide bonds. The number of ether oxygens (including phenoxy) is 2. The minimum absolute atomic E-state index is 0.132. The summed E-state index contributed by atoms with van der Waals surface area (Å²) in [6.45, 7) is 3.62. The highest BCUT2D eigenvalue weighted by molar-refractivity contribution is 5.66. The van der Waals surface area contributed by atoms with E-state index in [4.69, 9.17) is 24.5 Å². The largest absolute Gasteiger partial charge is 0.503 e. The number of hydrogen-bond acceptors (Lipinski definition) is 4. The summed E-state index contributed by atoms with van der Waals surface area (Å²) in [5, 5.41) is 13.9. The van der Waals surface area contributed by atoms with Crippen LogP contribution < -0.4 is 0 Å². The Kier molecular flexibility index (Phi) is 9.63. The van der Waals surface area contributed by atoms with Gasteiger partial charge in [0.2, 0.25) is 0 Å².